The molecule has 1 atom stereocenters. The minimum Gasteiger partial charge on any atom is -0.460 e. The summed E-state index contributed by atoms with van der Waals surface area (Å²) < 4.78 is 9.98. The summed E-state index contributed by atoms with van der Waals surface area (Å²) in [4.78, 5) is 22.5. The molecule has 20 heavy (non-hydrogen) atoms. The van der Waals surface area contributed by atoms with E-state index >= 15 is 0 Å². The molecule has 0 aliphatic heterocycles. The van der Waals surface area contributed by atoms with Crippen LogP contribution in [0.2, 0.25) is 0 Å². The van der Waals surface area contributed by atoms with Gasteiger partial charge in [-0.25, -0.2) is 9.59 Å². The second-order valence-corrected chi connectivity index (χ2v) is 4.86. The Morgan fingerprint density at radius 3 is 2.50 bits per heavy atom. The van der Waals surface area contributed by atoms with Gasteiger partial charge in [0.1, 0.15) is 6.61 Å². The van der Waals surface area contributed by atoms with Crippen molar-refractivity contribution >= 4 is 12.1 Å². The molecule has 1 amide bonds. The Morgan fingerprint density at radius 2 is 1.95 bits per heavy atom. The average molecular weight is 285 g/mol. The molecular formula is C15H27NO4. The Morgan fingerprint density at radius 1 is 1.25 bits per heavy atom. The molecule has 0 aromatic heterocycles. The van der Waals surface area contributed by atoms with Gasteiger partial charge in [-0.3, -0.25) is 0 Å². The van der Waals surface area contributed by atoms with E-state index in [1.807, 2.05) is 0 Å². The first-order valence-electron chi connectivity index (χ1n) is 7.24. The minimum atomic E-state index is -0.466. The molecule has 1 N–H and O–H groups in total. The van der Waals surface area contributed by atoms with Crippen LogP contribution in [-0.2, 0) is 14.3 Å². The summed E-state index contributed by atoms with van der Waals surface area (Å²) >= 11 is 0. The summed E-state index contributed by atoms with van der Waals surface area (Å²) in [6.45, 7) is 10.1. The second kappa shape index (κ2) is 11.3. The second-order valence-electron chi connectivity index (χ2n) is 4.86. The molecule has 0 radical (unpaired) electrons. The zero-order chi connectivity index (χ0) is 15.4. The number of esters is 1. The lowest BCUT2D eigenvalue weighted by molar-refractivity contribution is -0.138. The minimum absolute atomic E-state index is 0.119. The molecule has 0 aromatic rings. The molecule has 1 unspecified atom stereocenters. The number of carbonyl (C=O) groups excluding carboxylic acids is 2. The average Bonchev–Trinajstić information content (AvgIpc) is 2.43. The molecule has 5 nitrogen and oxygen atoms in total. The van der Waals surface area contributed by atoms with Gasteiger partial charge in [0.2, 0.25) is 0 Å². The van der Waals surface area contributed by atoms with Crippen LogP contribution in [0.15, 0.2) is 12.2 Å². The fraction of sp³-hybridized carbons (Fsp3) is 0.733. The van der Waals surface area contributed by atoms with Crippen molar-refractivity contribution in [3.63, 3.8) is 0 Å². The maximum Gasteiger partial charge on any atom is 0.407 e. The Hall–Kier alpha value is -1.52. The summed E-state index contributed by atoms with van der Waals surface area (Å²) in [5.41, 5.74) is 0.342. The Labute approximate surface area is 121 Å². The number of amides is 1. The standard InChI is InChI=1S/C15H27NO4/c1-5-7-8-13(6-2)11-20-15(18)16-9-10-19-14(17)12(3)4/h13H,3,5-11H2,1-2,4H3,(H,16,18). The summed E-state index contributed by atoms with van der Waals surface area (Å²) in [6, 6.07) is 0. The van der Waals surface area contributed by atoms with E-state index < -0.39 is 12.1 Å². The molecule has 0 aliphatic carbocycles. The van der Waals surface area contributed by atoms with Crippen molar-refractivity contribution < 1.29 is 19.1 Å². The van der Waals surface area contributed by atoms with E-state index in [2.05, 4.69) is 25.7 Å². The van der Waals surface area contributed by atoms with Crippen LogP contribution in [0.1, 0.15) is 46.5 Å². The Balaban J connectivity index is 3.67. The molecule has 0 saturated heterocycles. The normalized spacial score (nSPS) is 11.6. The number of unbranched alkanes of at least 4 members (excludes halogenated alkanes) is 1. The van der Waals surface area contributed by atoms with Crippen LogP contribution in [0.25, 0.3) is 0 Å². The van der Waals surface area contributed by atoms with E-state index in [-0.39, 0.29) is 13.2 Å². The van der Waals surface area contributed by atoms with E-state index in [9.17, 15) is 9.59 Å². The van der Waals surface area contributed by atoms with Crippen LogP contribution in [0.5, 0.6) is 0 Å². The van der Waals surface area contributed by atoms with Crippen LogP contribution < -0.4 is 5.32 Å². The van der Waals surface area contributed by atoms with Gasteiger partial charge in [0, 0.05) is 5.57 Å². The van der Waals surface area contributed by atoms with Crippen LogP contribution in [0, 0.1) is 5.92 Å². The van der Waals surface area contributed by atoms with Gasteiger partial charge in [0.05, 0.1) is 13.2 Å². The lowest BCUT2D eigenvalue weighted by atomic mass is 10.0. The molecule has 5 heteroatoms. The molecular weight excluding hydrogens is 258 g/mol. The highest BCUT2D eigenvalue weighted by molar-refractivity contribution is 5.86. The summed E-state index contributed by atoms with van der Waals surface area (Å²) in [5, 5.41) is 2.54. The van der Waals surface area contributed by atoms with Gasteiger partial charge in [-0.1, -0.05) is 39.7 Å². The highest BCUT2D eigenvalue weighted by Gasteiger charge is 2.09. The van der Waals surface area contributed by atoms with E-state index in [1.165, 1.54) is 0 Å². The predicted octanol–water partition coefficient (Wildman–Crippen LogP) is 3.05. The first-order valence-corrected chi connectivity index (χ1v) is 7.24. The quantitative estimate of drug-likeness (QED) is 0.380. The molecule has 0 spiro atoms. The number of ether oxygens (including phenoxy) is 2. The van der Waals surface area contributed by atoms with E-state index in [4.69, 9.17) is 9.47 Å². The van der Waals surface area contributed by atoms with Crippen molar-refractivity contribution in [2.24, 2.45) is 5.92 Å². The van der Waals surface area contributed by atoms with Crippen LogP contribution in [-0.4, -0.2) is 31.8 Å². The van der Waals surface area contributed by atoms with Crippen molar-refractivity contribution in [1.29, 1.82) is 0 Å². The fourth-order valence-electron chi connectivity index (χ4n) is 1.56. The highest BCUT2D eigenvalue weighted by Crippen LogP contribution is 2.12. The summed E-state index contributed by atoms with van der Waals surface area (Å²) in [5.74, 6) is -0.0345. The summed E-state index contributed by atoms with van der Waals surface area (Å²) in [7, 11) is 0. The zero-order valence-electron chi connectivity index (χ0n) is 12.9. The molecule has 0 aromatic carbocycles. The van der Waals surface area contributed by atoms with Crippen molar-refractivity contribution in [3.05, 3.63) is 12.2 Å². The van der Waals surface area contributed by atoms with E-state index in [0.717, 1.165) is 25.7 Å². The first-order chi connectivity index (χ1) is 9.51. The third-order valence-electron chi connectivity index (χ3n) is 2.95. The molecule has 0 saturated carbocycles. The van der Waals surface area contributed by atoms with Crippen molar-refractivity contribution in [2.75, 3.05) is 19.8 Å². The number of hydrogen-bond donors (Lipinski definition) is 1. The van der Waals surface area contributed by atoms with Gasteiger partial charge in [-0.15, -0.1) is 0 Å². The van der Waals surface area contributed by atoms with Gasteiger partial charge < -0.3 is 14.8 Å². The highest BCUT2D eigenvalue weighted by atomic mass is 16.6. The van der Waals surface area contributed by atoms with Gasteiger partial charge >= 0.3 is 12.1 Å². The molecule has 116 valence electrons. The molecule has 0 fully saturated rings. The fourth-order valence-corrected chi connectivity index (χ4v) is 1.56. The lowest BCUT2D eigenvalue weighted by Gasteiger charge is -2.14. The van der Waals surface area contributed by atoms with Crippen molar-refractivity contribution in [3.8, 4) is 0 Å². The number of alkyl carbamates (subject to hydrolysis) is 1. The topological polar surface area (TPSA) is 64.6 Å². The van der Waals surface area contributed by atoms with Crippen LogP contribution in [0.3, 0.4) is 0 Å². The van der Waals surface area contributed by atoms with E-state index in [1.54, 1.807) is 6.92 Å². The number of nitrogens with one attached hydrogen (secondary N) is 1. The molecule has 0 bridgehead atoms. The summed E-state index contributed by atoms with van der Waals surface area (Å²) in [6.07, 6.45) is 3.92. The third-order valence-corrected chi connectivity index (χ3v) is 2.95. The van der Waals surface area contributed by atoms with Crippen LogP contribution >= 0.6 is 0 Å². The molecule has 0 aliphatic rings. The van der Waals surface area contributed by atoms with Gasteiger partial charge in [0.25, 0.3) is 0 Å². The maximum absolute atomic E-state index is 11.4. The number of carbonyl (C=O) groups is 2. The smallest absolute Gasteiger partial charge is 0.407 e. The van der Waals surface area contributed by atoms with E-state index in [0.29, 0.717) is 18.1 Å². The molecule has 0 heterocycles. The first kappa shape index (κ1) is 18.5. The van der Waals surface area contributed by atoms with Gasteiger partial charge in [-0.05, 0) is 19.3 Å². The van der Waals surface area contributed by atoms with Crippen LogP contribution in [0.4, 0.5) is 4.79 Å². The SMILES string of the molecule is C=C(C)C(=O)OCCNC(=O)OCC(CC)CCCC. The monoisotopic (exact) mass is 285 g/mol. The lowest BCUT2D eigenvalue weighted by Crippen LogP contribution is -2.30. The van der Waals surface area contributed by atoms with Gasteiger partial charge in [-0.2, -0.15) is 0 Å². The predicted molar refractivity (Wildman–Crippen MR) is 78.4 cm³/mol. The van der Waals surface area contributed by atoms with Gasteiger partial charge in [0.15, 0.2) is 0 Å². The number of rotatable bonds is 10. The van der Waals surface area contributed by atoms with Crippen molar-refractivity contribution in [1.82, 2.24) is 5.32 Å². The third kappa shape index (κ3) is 9.42. The van der Waals surface area contributed by atoms with Crippen molar-refractivity contribution in [2.45, 2.75) is 46.5 Å². The Bertz CT molecular complexity index is 315. The Kier molecular flexibility index (Phi) is 10.5. The zero-order valence-corrected chi connectivity index (χ0v) is 12.9. The largest absolute Gasteiger partial charge is 0.460 e. The number of hydrogen-bond acceptors (Lipinski definition) is 4. The molecule has 0 rings (SSSR count). The maximum atomic E-state index is 11.4.